The molecule has 2 unspecified atom stereocenters. The van der Waals surface area contributed by atoms with Crippen LogP contribution in [-0.4, -0.2) is 54.2 Å². The van der Waals surface area contributed by atoms with E-state index in [4.69, 9.17) is 25.5 Å². The van der Waals surface area contributed by atoms with Gasteiger partial charge in [-0.3, -0.25) is 15.1 Å². The van der Waals surface area contributed by atoms with Crippen LogP contribution in [0.25, 0.3) is 11.1 Å². The summed E-state index contributed by atoms with van der Waals surface area (Å²) in [5.41, 5.74) is 2.35. The molecule has 1 saturated carbocycles. The average Bonchev–Trinajstić information content (AvgIpc) is 3.50. The normalized spacial score (nSPS) is 17.7. The molecule has 0 aliphatic heterocycles. The van der Waals surface area contributed by atoms with Crippen LogP contribution in [0.5, 0.6) is 10.9 Å². The smallest absolute Gasteiger partial charge is 0.295 e. The number of anilines is 1. The number of halogens is 1. The zero-order chi connectivity index (χ0) is 28.4. The van der Waals surface area contributed by atoms with E-state index in [0.717, 1.165) is 25.0 Å². The summed E-state index contributed by atoms with van der Waals surface area (Å²) in [5, 5.41) is 12.3. The van der Waals surface area contributed by atoms with Gasteiger partial charge in [-0.05, 0) is 61.4 Å². The van der Waals surface area contributed by atoms with Crippen LogP contribution in [0.1, 0.15) is 56.1 Å². The van der Waals surface area contributed by atoms with Crippen molar-refractivity contribution in [2.45, 2.75) is 71.2 Å². The number of carbonyl (C=O) groups excluding carboxylic acids is 1. The van der Waals surface area contributed by atoms with Gasteiger partial charge in [-0.2, -0.15) is 0 Å². The third kappa shape index (κ3) is 6.94. The van der Waals surface area contributed by atoms with E-state index in [-0.39, 0.29) is 22.2 Å². The van der Waals surface area contributed by atoms with Crippen molar-refractivity contribution in [2.75, 3.05) is 19.0 Å². The Balaban J connectivity index is 1.43. The number of nitrogens with one attached hydrogen (secondary N) is 1. The van der Waals surface area contributed by atoms with Crippen molar-refractivity contribution in [3.8, 4) is 22.1 Å². The Morgan fingerprint density at radius 3 is 2.64 bits per heavy atom. The topological polar surface area (TPSA) is 108 Å². The summed E-state index contributed by atoms with van der Waals surface area (Å²) >= 11 is 7.33. The van der Waals surface area contributed by atoms with Crippen molar-refractivity contribution in [3.05, 3.63) is 40.9 Å². The van der Waals surface area contributed by atoms with Gasteiger partial charge in [0.1, 0.15) is 10.9 Å². The Kier molecular flexibility index (Phi) is 8.94. The lowest BCUT2D eigenvalue weighted by Crippen LogP contribution is -2.45. The van der Waals surface area contributed by atoms with Gasteiger partial charge in [0.25, 0.3) is 11.1 Å². The number of methoxy groups -OCH3 is 1. The third-order valence-electron chi connectivity index (χ3n) is 7.52. The lowest BCUT2D eigenvalue weighted by molar-refractivity contribution is 0.102. The van der Waals surface area contributed by atoms with Crippen LogP contribution in [0.15, 0.2) is 24.5 Å². The Morgan fingerprint density at radius 2 is 1.92 bits per heavy atom. The number of aryl methyl sites for hydroxylation is 1. The molecule has 1 aliphatic carbocycles. The summed E-state index contributed by atoms with van der Waals surface area (Å²) in [6.07, 6.45) is 6.49. The maximum absolute atomic E-state index is 13.3. The molecule has 210 valence electrons. The molecule has 2 atom stereocenters. The summed E-state index contributed by atoms with van der Waals surface area (Å²) in [6.45, 7) is 13.7. The van der Waals surface area contributed by atoms with Gasteiger partial charge in [0, 0.05) is 28.9 Å². The van der Waals surface area contributed by atoms with Crippen molar-refractivity contribution in [2.24, 2.45) is 5.92 Å². The molecule has 4 rings (SSSR count). The highest BCUT2D eigenvalue weighted by Gasteiger charge is 2.42. The van der Waals surface area contributed by atoms with Gasteiger partial charge < -0.3 is 13.9 Å². The van der Waals surface area contributed by atoms with Crippen LogP contribution in [0.4, 0.5) is 5.13 Å². The highest BCUT2D eigenvalue weighted by atomic mass is 35.5. The first-order chi connectivity index (χ1) is 18.4. The molecule has 0 bridgehead atoms. The zero-order valence-electron chi connectivity index (χ0n) is 23.5. The second-order valence-electron chi connectivity index (χ2n) is 11.3. The minimum absolute atomic E-state index is 0.162. The van der Waals surface area contributed by atoms with Gasteiger partial charge in [0.05, 0.1) is 31.6 Å². The second kappa shape index (κ2) is 11.9. The van der Waals surface area contributed by atoms with Gasteiger partial charge in [0.15, 0.2) is 8.32 Å². The molecular formula is C27H36ClN5O4SSi. The van der Waals surface area contributed by atoms with E-state index in [1.54, 1.807) is 6.07 Å². The lowest BCUT2D eigenvalue weighted by atomic mass is 10.0. The molecule has 3 aromatic heterocycles. The van der Waals surface area contributed by atoms with Gasteiger partial charge >= 0.3 is 0 Å². The molecular weight excluding hydrogens is 554 g/mol. The fourth-order valence-corrected chi connectivity index (χ4v) is 6.50. The first kappa shape index (κ1) is 29.4. The van der Waals surface area contributed by atoms with E-state index in [1.165, 1.54) is 30.8 Å². The van der Waals surface area contributed by atoms with E-state index in [9.17, 15) is 4.79 Å². The van der Waals surface area contributed by atoms with Crippen molar-refractivity contribution in [3.63, 3.8) is 0 Å². The van der Waals surface area contributed by atoms with E-state index in [0.29, 0.717) is 45.3 Å². The van der Waals surface area contributed by atoms with Crippen LogP contribution in [0, 0.1) is 12.8 Å². The number of nitrogens with zero attached hydrogens (tertiary/aromatic N) is 4. The molecule has 1 N–H and O–H groups in total. The number of amides is 1. The number of hydrogen-bond donors (Lipinski definition) is 1. The fourth-order valence-electron chi connectivity index (χ4n) is 4.32. The maximum Gasteiger partial charge on any atom is 0.295 e. The molecule has 0 radical (unpaired) electrons. The molecule has 3 aromatic rings. The molecule has 1 amide bonds. The van der Waals surface area contributed by atoms with Crippen LogP contribution < -0.4 is 14.8 Å². The monoisotopic (exact) mass is 589 g/mol. The predicted octanol–water partition coefficient (Wildman–Crippen LogP) is 6.79. The summed E-state index contributed by atoms with van der Waals surface area (Å²) in [5.74, 6) is 0.423. The quantitative estimate of drug-likeness (QED) is 0.215. The average molecular weight is 590 g/mol. The first-order valence-electron chi connectivity index (χ1n) is 13.0. The Hall–Kier alpha value is -2.60. The fraction of sp³-hybridized carbons (Fsp3) is 0.519. The summed E-state index contributed by atoms with van der Waals surface area (Å²) < 4.78 is 18.2. The highest BCUT2D eigenvalue weighted by Crippen LogP contribution is 2.41. The van der Waals surface area contributed by atoms with E-state index >= 15 is 0 Å². The molecule has 0 saturated heterocycles. The Bertz CT molecular complexity index is 1330. The van der Waals surface area contributed by atoms with E-state index < -0.39 is 8.32 Å². The summed E-state index contributed by atoms with van der Waals surface area (Å²) in [4.78, 5) is 21.7. The lowest BCUT2D eigenvalue weighted by Gasteiger charge is -2.39. The number of hydrogen-bond acceptors (Lipinski definition) is 9. The summed E-state index contributed by atoms with van der Waals surface area (Å²) in [7, 11) is -0.321. The number of aromatic nitrogens is 4. The number of pyridine rings is 2. The van der Waals surface area contributed by atoms with Crippen LogP contribution in [0.2, 0.25) is 23.3 Å². The molecule has 3 heterocycles. The van der Waals surface area contributed by atoms with E-state index in [2.05, 4.69) is 59.3 Å². The molecule has 1 aliphatic rings. The standard InChI is InChI=1S/C27H36ClN5O4SSi/c1-16-11-18(19-12-23(28)30-14-22(19)35-5)20(13-29-16)24(34)31-25-32-33-26(38-25)36-15-17-9-8-10-21(17)37-39(6,7)27(2,3)4/h11-14,17,21H,8-10,15H2,1-7H3,(H,31,32,34). The van der Waals surface area contributed by atoms with Gasteiger partial charge in [-0.25, -0.2) is 4.98 Å². The largest absolute Gasteiger partial charge is 0.494 e. The van der Waals surface area contributed by atoms with Crippen molar-refractivity contribution < 1.29 is 18.7 Å². The number of carbonyl (C=O) groups is 1. The highest BCUT2D eigenvalue weighted by molar-refractivity contribution is 7.17. The zero-order valence-corrected chi connectivity index (χ0v) is 26.1. The molecule has 9 nitrogen and oxygen atoms in total. The molecule has 0 aromatic carbocycles. The van der Waals surface area contributed by atoms with Gasteiger partial charge in [-0.1, -0.05) is 43.9 Å². The first-order valence-corrected chi connectivity index (χ1v) is 17.1. The Morgan fingerprint density at radius 1 is 1.15 bits per heavy atom. The van der Waals surface area contributed by atoms with E-state index in [1.807, 2.05) is 13.0 Å². The minimum atomic E-state index is -1.86. The van der Waals surface area contributed by atoms with Gasteiger partial charge in [0.2, 0.25) is 5.13 Å². The van der Waals surface area contributed by atoms with Crippen molar-refractivity contribution >= 4 is 42.3 Å². The number of ether oxygens (including phenoxy) is 2. The van der Waals surface area contributed by atoms with Crippen LogP contribution >= 0.6 is 22.9 Å². The summed E-state index contributed by atoms with van der Waals surface area (Å²) in [6, 6.07) is 3.47. The third-order valence-corrected chi connectivity index (χ3v) is 13.0. The number of rotatable bonds is 9. The Labute approximate surface area is 239 Å². The predicted molar refractivity (Wildman–Crippen MR) is 157 cm³/mol. The van der Waals surface area contributed by atoms with Crippen LogP contribution in [-0.2, 0) is 4.43 Å². The minimum Gasteiger partial charge on any atom is -0.494 e. The SMILES string of the molecule is COc1cnc(Cl)cc1-c1cc(C)ncc1C(=O)Nc1nnc(OCC2CCCC2O[Si](C)(C)C(C)(C)C)s1. The molecule has 0 spiro atoms. The molecule has 12 heteroatoms. The van der Waals surface area contributed by atoms with Crippen molar-refractivity contribution in [1.29, 1.82) is 0 Å². The molecule has 1 fully saturated rings. The van der Waals surface area contributed by atoms with Gasteiger partial charge in [-0.15, -0.1) is 5.10 Å². The second-order valence-corrected chi connectivity index (χ2v) is 17.4. The molecule has 39 heavy (non-hydrogen) atoms. The van der Waals surface area contributed by atoms with Crippen molar-refractivity contribution in [1.82, 2.24) is 20.2 Å². The van der Waals surface area contributed by atoms with Crippen LogP contribution in [0.3, 0.4) is 0 Å². The maximum atomic E-state index is 13.3.